The molecule has 0 atom stereocenters. The molecule has 2 aromatic rings. The number of rotatable bonds is 6. The highest BCUT2D eigenvalue weighted by atomic mass is 19.4. The van der Waals surface area contributed by atoms with Gasteiger partial charge in [-0.25, -0.2) is 4.79 Å². The number of anilines is 3. The van der Waals surface area contributed by atoms with Crippen molar-refractivity contribution in [3.8, 4) is 0 Å². The second kappa shape index (κ2) is 8.74. The summed E-state index contributed by atoms with van der Waals surface area (Å²) in [5, 5.41) is 15.0. The molecule has 0 saturated carbocycles. The number of hydrogen-bond donors (Lipinski definition) is 5. The van der Waals surface area contributed by atoms with Gasteiger partial charge in [-0.05, 0) is 36.4 Å². The fourth-order valence-corrected chi connectivity index (χ4v) is 2.69. The molecule has 158 valence electrons. The summed E-state index contributed by atoms with van der Waals surface area (Å²) < 4.78 is 39.0. The standard InChI is InChI=1S/C19H18F3N5O3/c20-19(21,22)15-3-1-2-4-16(15)24-18(30)23-12-5-8-14(9-6-12)27-11-13(25-26-27)7-10-17(28)29/h1-6,8-9,11,25-26H,7,10H2,(H,28,29)(H2,23,24,30). The Hall–Kier alpha value is -3.73. The van der Waals surface area contributed by atoms with E-state index in [-0.39, 0.29) is 12.1 Å². The number of carboxylic acid groups (broad SMARTS) is 1. The second-order valence-electron chi connectivity index (χ2n) is 6.32. The molecule has 1 aliphatic heterocycles. The molecule has 11 heteroatoms. The van der Waals surface area contributed by atoms with Gasteiger partial charge < -0.3 is 21.2 Å². The van der Waals surface area contributed by atoms with Crippen molar-refractivity contribution in [2.75, 3.05) is 15.6 Å². The van der Waals surface area contributed by atoms with Crippen molar-refractivity contribution in [3.63, 3.8) is 0 Å². The van der Waals surface area contributed by atoms with Crippen molar-refractivity contribution in [1.82, 2.24) is 11.0 Å². The zero-order valence-corrected chi connectivity index (χ0v) is 15.5. The molecule has 1 aliphatic rings. The Morgan fingerprint density at radius 1 is 1.03 bits per heavy atom. The maximum absolute atomic E-state index is 13.0. The first-order valence-electron chi connectivity index (χ1n) is 8.80. The number of carboxylic acids is 1. The van der Waals surface area contributed by atoms with E-state index in [1.165, 1.54) is 18.2 Å². The van der Waals surface area contributed by atoms with Crippen LogP contribution in [0.4, 0.5) is 35.0 Å². The van der Waals surface area contributed by atoms with Gasteiger partial charge in [-0.1, -0.05) is 12.1 Å². The number of amides is 2. The number of carbonyl (C=O) groups excluding carboxylic acids is 1. The van der Waals surface area contributed by atoms with E-state index >= 15 is 0 Å². The number of allylic oxidation sites excluding steroid dienone is 1. The third kappa shape index (κ3) is 5.41. The lowest BCUT2D eigenvalue weighted by molar-refractivity contribution is -0.137. The highest BCUT2D eigenvalue weighted by molar-refractivity contribution is 6.00. The molecule has 0 aliphatic carbocycles. The van der Waals surface area contributed by atoms with Crippen LogP contribution in [0, 0.1) is 0 Å². The maximum atomic E-state index is 13.0. The van der Waals surface area contributed by atoms with Gasteiger partial charge in [-0.15, -0.1) is 5.53 Å². The van der Waals surface area contributed by atoms with E-state index in [0.29, 0.717) is 23.5 Å². The normalized spacial score (nSPS) is 13.4. The summed E-state index contributed by atoms with van der Waals surface area (Å²) in [6, 6.07) is 10.4. The number of benzene rings is 2. The van der Waals surface area contributed by atoms with Crippen LogP contribution >= 0.6 is 0 Å². The molecule has 0 saturated heterocycles. The molecule has 0 fully saturated rings. The Balaban J connectivity index is 1.60. The number of alkyl halides is 3. The van der Waals surface area contributed by atoms with Crippen LogP contribution in [0.25, 0.3) is 0 Å². The SMILES string of the molecule is O=C(O)CCC1=CN(c2ccc(NC(=O)Nc3ccccc3C(F)(F)F)cc2)NN1. The molecule has 0 unspecified atom stereocenters. The van der Waals surface area contributed by atoms with Crippen LogP contribution in [-0.4, -0.2) is 17.1 Å². The number of nitrogens with zero attached hydrogens (tertiary/aromatic N) is 1. The van der Waals surface area contributed by atoms with Crippen LogP contribution in [0.5, 0.6) is 0 Å². The Kier molecular flexibility index (Phi) is 6.11. The summed E-state index contributed by atoms with van der Waals surface area (Å²) >= 11 is 0. The van der Waals surface area contributed by atoms with Crippen LogP contribution < -0.4 is 26.6 Å². The van der Waals surface area contributed by atoms with Crippen LogP contribution in [0.1, 0.15) is 18.4 Å². The lowest BCUT2D eigenvalue weighted by Gasteiger charge is -2.16. The number of para-hydroxylation sites is 1. The first-order valence-corrected chi connectivity index (χ1v) is 8.80. The predicted molar refractivity (Wildman–Crippen MR) is 104 cm³/mol. The Morgan fingerprint density at radius 3 is 2.40 bits per heavy atom. The van der Waals surface area contributed by atoms with Crippen LogP contribution in [0.15, 0.2) is 60.4 Å². The molecule has 1 heterocycles. The van der Waals surface area contributed by atoms with Gasteiger partial charge in [0.2, 0.25) is 0 Å². The van der Waals surface area contributed by atoms with Crippen molar-refractivity contribution in [2.45, 2.75) is 19.0 Å². The van der Waals surface area contributed by atoms with E-state index in [1.807, 2.05) is 0 Å². The summed E-state index contributed by atoms with van der Waals surface area (Å²) in [6.45, 7) is 0. The Labute approximate surface area is 169 Å². The smallest absolute Gasteiger partial charge is 0.418 e. The van der Waals surface area contributed by atoms with E-state index in [2.05, 4.69) is 21.6 Å². The van der Waals surface area contributed by atoms with Gasteiger partial charge in [-0.2, -0.15) is 13.2 Å². The van der Waals surface area contributed by atoms with Crippen molar-refractivity contribution in [3.05, 3.63) is 66.0 Å². The monoisotopic (exact) mass is 421 g/mol. The molecule has 2 aromatic carbocycles. The molecule has 0 bridgehead atoms. The van der Waals surface area contributed by atoms with E-state index in [4.69, 9.17) is 5.11 Å². The average molecular weight is 421 g/mol. The quantitative estimate of drug-likeness (QED) is 0.485. The summed E-state index contributed by atoms with van der Waals surface area (Å²) in [5.41, 5.74) is 6.20. The number of hydrazine groups is 2. The third-order valence-electron chi connectivity index (χ3n) is 4.11. The van der Waals surface area contributed by atoms with Gasteiger partial charge in [0.1, 0.15) is 0 Å². The predicted octanol–water partition coefficient (Wildman–Crippen LogP) is 3.88. The lowest BCUT2D eigenvalue weighted by atomic mass is 10.1. The largest absolute Gasteiger partial charge is 0.481 e. The minimum atomic E-state index is -4.58. The highest BCUT2D eigenvalue weighted by Gasteiger charge is 2.33. The zero-order chi connectivity index (χ0) is 21.7. The maximum Gasteiger partial charge on any atom is 0.418 e. The molecule has 8 nitrogen and oxygen atoms in total. The van der Waals surface area contributed by atoms with Crippen molar-refractivity contribution < 1.29 is 27.9 Å². The van der Waals surface area contributed by atoms with E-state index < -0.39 is 23.7 Å². The molecule has 5 N–H and O–H groups in total. The number of aliphatic carboxylic acids is 1. The van der Waals surface area contributed by atoms with E-state index in [9.17, 15) is 22.8 Å². The number of carbonyl (C=O) groups is 2. The molecular formula is C19H18F3N5O3. The zero-order valence-electron chi connectivity index (χ0n) is 15.5. The minimum Gasteiger partial charge on any atom is -0.481 e. The van der Waals surface area contributed by atoms with Crippen molar-refractivity contribution >= 4 is 29.1 Å². The van der Waals surface area contributed by atoms with E-state index in [0.717, 1.165) is 6.07 Å². The topological polar surface area (TPSA) is 106 Å². The van der Waals surface area contributed by atoms with Crippen LogP contribution in [0.2, 0.25) is 0 Å². The third-order valence-corrected chi connectivity index (χ3v) is 4.11. The van der Waals surface area contributed by atoms with Crippen LogP contribution in [-0.2, 0) is 11.0 Å². The number of halogens is 3. The molecule has 2 amide bonds. The first kappa shape index (κ1) is 21.0. The summed E-state index contributed by atoms with van der Waals surface area (Å²) in [5.74, 6) is -0.900. The van der Waals surface area contributed by atoms with Crippen molar-refractivity contribution in [1.29, 1.82) is 0 Å². The van der Waals surface area contributed by atoms with E-state index in [1.54, 1.807) is 35.5 Å². The summed E-state index contributed by atoms with van der Waals surface area (Å²) in [4.78, 5) is 22.7. The van der Waals surface area contributed by atoms with Gasteiger partial charge in [0.15, 0.2) is 0 Å². The molecule has 0 spiro atoms. The fraction of sp³-hybridized carbons (Fsp3) is 0.158. The summed E-state index contributed by atoms with van der Waals surface area (Å²) in [7, 11) is 0. The number of nitrogens with one attached hydrogen (secondary N) is 4. The Bertz CT molecular complexity index is 961. The minimum absolute atomic E-state index is 0.0101. The Morgan fingerprint density at radius 2 is 1.73 bits per heavy atom. The van der Waals surface area contributed by atoms with Gasteiger partial charge in [0, 0.05) is 24.0 Å². The van der Waals surface area contributed by atoms with Gasteiger partial charge in [-0.3, -0.25) is 9.80 Å². The molecule has 0 radical (unpaired) electrons. The van der Waals surface area contributed by atoms with Crippen LogP contribution in [0.3, 0.4) is 0 Å². The van der Waals surface area contributed by atoms with Gasteiger partial charge in [0.25, 0.3) is 0 Å². The summed E-state index contributed by atoms with van der Waals surface area (Å²) in [6.07, 6.45) is -2.56. The number of urea groups is 1. The number of hydrogen-bond acceptors (Lipinski definition) is 5. The molecule has 30 heavy (non-hydrogen) atoms. The van der Waals surface area contributed by atoms with Gasteiger partial charge >= 0.3 is 18.2 Å². The second-order valence-corrected chi connectivity index (χ2v) is 6.32. The molecule has 3 rings (SSSR count). The van der Waals surface area contributed by atoms with Crippen molar-refractivity contribution in [2.24, 2.45) is 0 Å². The highest BCUT2D eigenvalue weighted by Crippen LogP contribution is 2.34. The average Bonchev–Trinajstić information content (AvgIpc) is 3.15. The van der Waals surface area contributed by atoms with Gasteiger partial charge in [0.05, 0.1) is 23.4 Å². The fourth-order valence-electron chi connectivity index (χ4n) is 2.69. The first-order chi connectivity index (χ1) is 14.2. The lowest BCUT2D eigenvalue weighted by Crippen LogP contribution is -2.36. The molecular weight excluding hydrogens is 403 g/mol. The molecule has 0 aromatic heterocycles.